The number of anilines is 1. The zero-order chi connectivity index (χ0) is 17.7. The van der Waals surface area contributed by atoms with E-state index in [1.54, 1.807) is 11.0 Å². The van der Waals surface area contributed by atoms with E-state index >= 15 is 0 Å². The Morgan fingerprint density at radius 2 is 1.83 bits per heavy atom. The second-order valence-corrected chi connectivity index (χ2v) is 5.90. The first-order valence-electron chi connectivity index (χ1n) is 7.95. The van der Waals surface area contributed by atoms with E-state index in [1.165, 1.54) is 5.56 Å². The molecule has 5 nitrogen and oxygen atoms in total. The summed E-state index contributed by atoms with van der Waals surface area (Å²) in [4.78, 5) is 22.9. The van der Waals surface area contributed by atoms with Crippen LogP contribution in [0.15, 0.2) is 36.9 Å². The van der Waals surface area contributed by atoms with Crippen LogP contribution < -0.4 is 5.73 Å². The van der Waals surface area contributed by atoms with E-state index in [-0.39, 0.29) is 18.3 Å². The van der Waals surface area contributed by atoms with Crippen molar-refractivity contribution in [3.63, 3.8) is 0 Å². The lowest BCUT2D eigenvalue weighted by Crippen LogP contribution is -2.32. The molecule has 2 aromatic rings. The van der Waals surface area contributed by atoms with Crippen molar-refractivity contribution >= 4 is 11.9 Å². The predicted molar refractivity (Wildman–Crippen MR) is 96.4 cm³/mol. The monoisotopic (exact) mass is 324 g/mol. The minimum Gasteiger partial charge on any atom is -0.368 e. The van der Waals surface area contributed by atoms with Gasteiger partial charge in [-0.25, -0.2) is 9.97 Å². The fourth-order valence-electron chi connectivity index (χ4n) is 2.69. The number of hydrogen-bond donors (Lipinski definition) is 1. The molecule has 0 aliphatic carbocycles. The van der Waals surface area contributed by atoms with Crippen molar-refractivity contribution in [3.05, 3.63) is 65.0 Å². The molecule has 0 saturated carbocycles. The number of aryl methyl sites for hydroxylation is 3. The molecule has 0 unspecified atom stereocenters. The fourth-order valence-corrected chi connectivity index (χ4v) is 2.69. The van der Waals surface area contributed by atoms with Crippen molar-refractivity contribution in [3.8, 4) is 0 Å². The summed E-state index contributed by atoms with van der Waals surface area (Å²) in [5.74, 6) is 0.266. The van der Waals surface area contributed by atoms with E-state index in [0.717, 1.165) is 22.5 Å². The zero-order valence-corrected chi connectivity index (χ0v) is 14.5. The molecule has 1 aromatic carbocycles. The van der Waals surface area contributed by atoms with Gasteiger partial charge in [0.05, 0.1) is 6.42 Å². The van der Waals surface area contributed by atoms with Gasteiger partial charge in [0.25, 0.3) is 0 Å². The molecular weight excluding hydrogens is 300 g/mol. The van der Waals surface area contributed by atoms with Gasteiger partial charge in [-0.3, -0.25) is 4.79 Å². The molecule has 1 aromatic heterocycles. The van der Waals surface area contributed by atoms with Crippen LogP contribution in [0.1, 0.15) is 28.1 Å². The van der Waals surface area contributed by atoms with E-state index < -0.39 is 0 Å². The predicted octanol–water partition coefficient (Wildman–Crippen LogP) is 2.74. The first kappa shape index (κ1) is 17.7. The Kier molecular flexibility index (Phi) is 5.68. The van der Waals surface area contributed by atoms with Gasteiger partial charge in [-0.05, 0) is 31.9 Å². The number of benzene rings is 1. The van der Waals surface area contributed by atoms with Crippen molar-refractivity contribution in [2.24, 2.45) is 0 Å². The van der Waals surface area contributed by atoms with Crippen LogP contribution in [0.3, 0.4) is 0 Å². The summed E-state index contributed by atoms with van der Waals surface area (Å²) in [6.07, 6.45) is 2.01. The van der Waals surface area contributed by atoms with Gasteiger partial charge >= 0.3 is 0 Å². The van der Waals surface area contributed by atoms with E-state index in [1.807, 2.05) is 45.0 Å². The standard InChI is InChI=1S/C19H24N4O/c1-5-10-23(12-16-9-7-6-8-13(16)2)18(24)11-17-14(3)21-19(20)22-15(17)4/h5-9H,1,10-12H2,2-4H3,(H2,20,21,22). The van der Waals surface area contributed by atoms with Gasteiger partial charge in [0.1, 0.15) is 0 Å². The Morgan fingerprint density at radius 1 is 1.21 bits per heavy atom. The van der Waals surface area contributed by atoms with Crippen molar-refractivity contribution in [2.45, 2.75) is 33.7 Å². The molecule has 0 atom stereocenters. The molecule has 24 heavy (non-hydrogen) atoms. The topological polar surface area (TPSA) is 72.1 Å². The van der Waals surface area contributed by atoms with Crippen LogP contribution in [0.25, 0.3) is 0 Å². The third-order valence-corrected chi connectivity index (χ3v) is 4.09. The van der Waals surface area contributed by atoms with Gasteiger partial charge in [0, 0.05) is 30.0 Å². The summed E-state index contributed by atoms with van der Waals surface area (Å²) < 4.78 is 0. The molecule has 5 heteroatoms. The first-order chi connectivity index (χ1) is 11.4. The number of rotatable bonds is 6. The average molecular weight is 324 g/mol. The number of nitrogens with zero attached hydrogens (tertiary/aromatic N) is 3. The van der Waals surface area contributed by atoms with Gasteiger partial charge < -0.3 is 10.6 Å². The van der Waals surface area contributed by atoms with Crippen LogP contribution in [0.5, 0.6) is 0 Å². The van der Waals surface area contributed by atoms with Crippen LogP contribution in [0.4, 0.5) is 5.95 Å². The average Bonchev–Trinajstić information content (AvgIpc) is 2.52. The highest BCUT2D eigenvalue weighted by Crippen LogP contribution is 2.16. The minimum atomic E-state index is 0.0257. The molecule has 0 aliphatic rings. The fraction of sp³-hybridized carbons (Fsp3) is 0.316. The maximum absolute atomic E-state index is 12.8. The highest BCUT2D eigenvalue weighted by atomic mass is 16.2. The summed E-state index contributed by atoms with van der Waals surface area (Å²) in [5.41, 5.74) is 10.3. The number of nitrogens with two attached hydrogens (primary N) is 1. The molecule has 0 radical (unpaired) electrons. The summed E-state index contributed by atoms with van der Waals surface area (Å²) >= 11 is 0. The van der Waals surface area contributed by atoms with Crippen LogP contribution >= 0.6 is 0 Å². The largest absolute Gasteiger partial charge is 0.368 e. The quantitative estimate of drug-likeness (QED) is 0.829. The Bertz CT molecular complexity index is 732. The summed E-state index contributed by atoms with van der Waals surface area (Å²) in [6.45, 7) is 10.6. The second kappa shape index (κ2) is 7.73. The summed E-state index contributed by atoms with van der Waals surface area (Å²) in [6, 6.07) is 8.08. The number of nitrogen functional groups attached to an aromatic ring is 1. The smallest absolute Gasteiger partial charge is 0.227 e. The molecule has 0 fully saturated rings. The van der Waals surface area contributed by atoms with Gasteiger partial charge in [-0.15, -0.1) is 6.58 Å². The van der Waals surface area contributed by atoms with E-state index in [2.05, 4.69) is 16.5 Å². The lowest BCUT2D eigenvalue weighted by Gasteiger charge is -2.23. The number of amides is 1. The van der Waals surface area contributed by atoms with Crippen molar-refractivity contribution in [1.82, 2.24) is 14.9 Å². The lowest BCUT2D eigenvalue weighted by atomic mass is 10.1. The van der Waals surface area contributed by atoms with E-state index in [0.29, 0.717) is 13.1 Å². The second-order valence-electron chi connectivity index (χ2n) is 5.90. The normalized spacial score (nSPS) is 10.5. The van der Waals surface area contributed by atoms with Crippen molar-refractivity contribution in [1.29, 1.82) is 0 Å². The Balaban J connectivity index is 2.21. The van der Waals surface area contributed by atoms with E-state index in [9.17, 15) is 4.79 Å². The minimum absolute atomic E-state index is 0.0257. The van der Waals surface area contributed by atoms with Crippen molar-refractivity contribution in [2.75, 3.05) is 12.3 Å². The molecule has 0 saturated heterocycles. The Labute approximate surface area is 143 Å². The van der Waals surface area contributed by atoms with E-state index in [4.69, 9.17) is 5.73 Å². The molecule has 0 spiro atoms. The highest BCUT2D eigenvalue weighted by Gasteiger charge is 2.18. The molecule has 2 rings (SSSR count). The number of aromatic nitrogens is 2. The molecule has 1 heterocycles. The van der Waals surface area contributed by atoms with Crippen molar-refractivity contribution < 1.29 is 4.79 Å². The lowest BCUT2D eigenvalue weighted by molar-refractivity contribution is -0.130. The Hall–Kier alpha value is -2.69. The molecule has 2 N–H and O–H groups in total. The van der Waals surface area contributed by atoms with Crippen LogP contribution in [0.2, 0.25) is 0 Å². The molecule has 126 valence electrons. The van der Waals surface area contributed by atoms with Crippen LogP contribution in [-0.2, 0) is 17.8 Å². The van der Waals surface area contributed by atoms with Crippen LogP contribution in [-0.4, -0.2) is 27.3 Å². The number of hydrogen-bond acceptors (Lipinski definition) is 4. The number of carbonyl (C=O) groups is 1. The van der Waals surface area contributed by atoms with Crippen LogP contribution in [0, 0.1) is 20.8 Å². The SMILES string of the molecule is C=CCN(Cc1ccccc1C)C(=O)Cc1c(C)nc(N)nc1C. The van der Waals surface area contributed by atoms with Gasteiger partial charge in [0.15, 0.2) is 0 Å². The molecule has 0 aliphatic heterocycles. The zero-order valence-electron chi connectivity index (χ0n) is 14.5. The van der Waals surface area contributed by atoms with Gasteiger partial charge in [-0.2, -0.15) is 0 Å². The maximum Gasteiger partial charge on any atom is 0.227 e. The maximum atomic E-state index is 12.8. The van der Waals surface area contributed by atoms with Gasteiger partial charge in [-0.1, -0.05) is 30.3 Å². The Morgan fingerprint density at radius 3 is 2.42 bits per heavy atom. The van der Waals surface area contributed by atoms with Gasteiger partial charge in [0.2, 0.25) is 11.9 Å². The summed E-state index contributed by atoms with van der Waals surface area (Å²) in [7, 11) is 0. The molecule has 1 amide bonds. The summed E-state index contributed by atoms with van der Waals surface area (Å²) in [5, 5.41) is 0. The number of carbonyl (C=O) groups excluding carboxylic acids is 1. The molecular formula is C19H24N4O. The first-order valence-corrected chi connectivity index (χ1v) is 7.95. The highest BCUT2D eigenvalue weighted by molar-refractivity contribution is 5.79. The third kappa shape index (κ3) is 4.19. The molecule has 0 bridgehead atoms. The third-order valence-electron chi connectivity index (χ3n) is 4.09.